The van der Waals surface area contributed by atoms with Gasteiger partial charge in [0, 0.05) is 15.9 Å². The summed E-state index contributed by atoms with van der Waals surface area (Å²) in [6.07, 6.45) is 5.02. The molecule has 2 aliphatic carbocycles. The third-order valence-corrected chi connectivity index (χ3v) is 4.30. The fraction of sp³-hybridized carbons (Fsp3) is 0.500. The lowest BCUT2D eigenvalue weighted by Gasteiger charge is -2.26. The van der Waals surface area contributed by atoms with Gasteiger partial charge in [0.2, 0.25) is 0 Å². The molecule has 0 heterocycles. The molecule has 0 radical (unpaired) electrons. The van der Waals surface area contributed by atoms with Gasteiger partial charge in [0.1, 0.15) is 0 Å². The van der Waals surface area contributed by atoms with E-state index in [0.717, 1.165) is 0 Å². The number of aryl methyl sites for hydroxylation is 1. The van der Waals surface area contributed by atoms with Crippen molar-refractivity contribution in [2.75, 3.05) is 0 Å². The first kappa shape index (κ1) is 8.93. The molecule has 2 atom stereocenters. The molecule has 1 spiro atoms. The second-order valence-electron chi connectivity index (χ2n) is 4.62. The Morgan fingerprint density at radius 2 is 2.21 bits per heavy atom. The van der Waals surface area contributed by atoms with E-state index in [-0.39, 0.29) is 0 Å². The molecule has 0 aliphatic heterocycles. The summed E-state index contributed by atoms with van der Waals surface area (Å²) in [5.74, 6) is 0. The van der Waals surface area contributed by atoms with Crippen molar-refractivity contribution in [2.45, 2.75) is 37.1 Å². The molecule has 2 unspecified atom stereocenters. The summed E-state index contributed by atoms with van der Waals surface area (Å²) in [6.45, 7) is 0. The van der Waals surface area contributed by atoms with Crippen molar-refractivity contribution in [1.82, 2.24) is 0 Å². The van der Waals surface area contributed by atoms with Crippen molar-refractivity contribution in [3.05, 3.63) is 33.8 Å². The fourth-order valence-electron chi connectivity index (χ4n) is 2.91. The van der Waals surface area contributed by atoms with Crippen molar-refractivity contribution >= 4 is 15.9 Å². The molecule has 1 nitrogen and oxygen atoms in total. The van der Waals surface area contributed by atoms with Crippen LogP contribution in [0, 0.1) is 0 Å². The zero-order valence-electron chi connectivity index (χ0n) is 8.09. The smallest absolute Gasteiger partial charge is 0.0178 e. The molecule has 3 rings (SSSR count). The van der Waals surface area contributed by atoms with E-state index in [1.54, 1.807) is 0 Å². The zero-order chi connectivity index (χ0) is 9.76. The van der Waals surface area contributed by atoms with Gasteiger partial charge in [-0.1, -0.05) is 22.0 Å². The van der Waals surface area contributed by atoms with Crippen LogP contribution in [0.3, 0.4) is 0 Å². The highest BCUT2D eigenvalue weighted by Crippen LogP contribution is 2.54. The minimum absolute atomic E-state index is 0.369. The standard InChI is InChI=1S/C12H14BrN/c13-9-3-4-10-8(6-9)2-1-5-12(10)7-11(12)14/h3-4,6,11H,1-2,5,7,14H2. The van der Waals surface area contributed by atoms with Gasteiger partial charge in [-0.2, -0.15) is 0 Å². The van der Waals surface area contributed by atoms with Gasteiger partial charge in [-0.25, -0.2) is 0 Å². The minimum Gasteiger partial charge on any atom is -0.327 e. The average Bonchev–Trinajstić information content (AvgIpc) is 2.77. The average molecular weight is 252 g/mol. The van der Waals surface area contributed by atoms with Crippen LogP contribution in [0.1, 0.15) is 30.4 Å². The summed E-state index contributed by atoms with van der Waals surface area (Å²) in [5, 5.41) is 0. The van der Waals surface area contributed by atoms with Gasteiger partial charge in [-0.15, -0.1) is 0 Å². The minimum atomic E-state index is 0.369. The number of fused-ring (bicyclic) bond motifs is 2. The van der Waals surface area contributed by atoms with Gasteiger partial charge < -0.3 is 5.73 Å². The van der Waals surface area contributed by atoms with E-state index in [9.17, 15) is 0 Å². The van der Waals surface area contributed by atoms with E-state index < -0.39 is 0 Å². The van der Waals surface area contributed by atoms with Gasteiger partial charge >= 0.3 is 0 Å². The number of hydrogen-bond acceptors (Lipinski definition) is 1. The Hall–Kier alpha value is -0.340. The van der Waals surface area contributed by atoms with Gasteiger partial charge in [-0.05, 0) is 48.9 Å². The maximum atomic E-state index is 6.07. The molecule has 1 fully saturated rings. The molecule has 2 N–H and O–H groups in total. The van der Waals surface area contributed by atoms with Gasteiger partial charge in [-0.3, -0.25) is 0 Å². The normalized spacial score (nSPS) is 34.3. The van der Waals surface area contributed by atoms with Crippen LogP contribution in [-0.4, -0.2) is 6.04 Å². The first-order valence-corrected chi connectivity index (χ1v) is 6.06. The van der Waals surface area contributed by atoms with Crippen LogP contribution in [0.25, 0.3) is 0 Å². The topological polar surface area (TPSA) is 26.0 Å². The number of hydrogen-bond donors (Lipinski definition) is 1. The van der Waals surface area contributed by atoms with Crippen LogP contribution < -0.4 is 5.73 Å². The summed E-state index contributed by atoms with van der Waals surface area (Å²) < 4.78 is 1.20. The Bertz CT molecular complexity index is 388. The third-order valence-electron chi connectivity index (χ3n) is 3.81. The van der Waals surface area contributed by atoms with Crippen LogP contribution in [0.5, 0.6) is 0 Å². The second kappa shape index (κ2) is 2.83. The number of nitrogens with two attached hydrogens (primary N) is 1. The van der Waals surface area contributed by atoms with Crippen molar-refractivity contribution < 1.29 is 0 Å². The van der Waals surface area contributed by atoms with Crippen molar-refractivity contribution in [3.63, 3.8) is 0 Å². The summed E-state index contributed by atoms with van der Waals surface area (Å²) in [7, 11) is 0. The number of rotatable bonds is 0. The summed E-state index contributed by atoms with van der Waals surface area (Å²) in [5.41, 5.74) is 9.48. The van der Waals surface area contributed by atoms with Gasteiger partial charge in [0.15, 0.2) is 0 Å². The molecule has 1 aromatic carbocycles. The predicted molar refractivity (Wildman–Crippen MR) is 61.4 cm³/mol. The quantitative estimate of drug-likeness (QED) is 0.754. The molecule has 0 aromatic heterocycles. The van der Waals surface area contributed by atoms with Gasteiger partial charge in [0.05, 0.1) is 0 Å². The fourth-order valence-corrected chi connectivity index (χ4v) is 3.32. The Kier molecular flexibility index (Phi) is 1.80. The SMILES string of the molecule is NC1CC12CCCc1cc(Br)ccc12. The molecule has 1 aromatic rings. The largest absolute Gasteiger partial charge is 0.327 e. The van der Waals surface area contributed by atoms with Crippen LogP contribution in [-0.2, 0) is 11.8 Å². The van der Waals surface area contributed by atoms with Crippen molar-refractivity contribution in [3.8, 4) is 0 Å². The van der Waals surface area contributed by atoms with Crippen molar-refractivity contribution in [1.29, 1.82) is 0 Å². The molecule has 0 saturated heterocycles. The zero-order valence-corrected chi connectivity index (χ0v) is 9.68. The lowest BCUT2D eigenvalue weighted by molar-refractivity contribution is 0.525. The van der Waals surface area contributed by atoms with E-state index in [2.05, 4.69) is 34.1 Å². The maximum Gasteiger partial charge on any atom is 0.0178 e. The molecule has 14 heavy (non-hydrogen) atoms. The summed E-state index contributed by atoms with van der Waals surface area (Å²) in [6, 6.07) is 7.10. The summed E-state index contributed by atoms with van der Waals surface area (Å²) >= 11 is 3.53. The van der Waals surface area contributed by atoms with Crippen LogP contribution in [0.15, 0.2) is 22.7 Å². The molecule has 0 amide bonds. The Labute approximate surface area is 92.8 Å². The molecule has 74 valence electrons. The molecular formula is C12H14BrN. The molecule has 2 heteroatoms. The predicted octanol–water partition coefficient (Wildman–Crippen LogP) is 2.75. The van der Waals surface area contributed by atoms with Crippen LogP contribution in [0.2, 0.25) is 0 Å². The Balaban J connectivity index is 2.12. The lowest BCUT2D eigenvalue weighted by Crippen LogP contribution is -2.23. The maximum absolute atomic E-state index is 6.07. The van der Waals surface area contributed by atoms with E-state index in [0.29, 0.717) is 11.5 Å². The number of halogens is 1. The Morgan fingerprint density at radius 3 is 2.93 bits per heavy atom. The lowest BCUT2D eigenvalue weighted by atomic mass is 9.80. The summed E-state index contributed by atoms with van der Waals surface area (Å²) in [4.78, 5) is 0. The highest BCUT2D eigenvalue weighted by molar-refractivity contribution is 9.10. The monoisotopic (exact) mass is 251 g/mol. The van der Waals surface area contributed by atoms with E-state index in [4.69, 9.17) is 5.73 Å². The highest BCUT2D eigenvalue weighted by Gasteiger charge is 2.54. The van der Waals surface area contributed by atoms with Crippen LogP contribution in [0.4, 0.5) is 0 Å². The van der Waals surface area contributed by atoms with E-state index in [1.165, 1.54) is 41.3 Å². The first-order chi connectivity index (χ1) is 6.72. The van der Waals surface area contributed by atoms with E-state index in [1.807, 2.05) is 0 Å². The Morgan fingerprint density at radius 1 is 1.43 bits per heavy atom. The molecular weight excluding hydrogens is 238 g/mol. The molecule has 2 aliphatic rings. The number of benzene rings is 1. The first-order valence-electron chi connectivity index (χ1n) is 5.27. The molecule has 0 bridgehead atoms. The second-order valence-corrected chi connectivity index (χ2v) is 5.54. The van der Waals surface area contributed by atoms with Crippen molar-refractivity contribution in [2.24, 2.45) is 5.73 Å². The molecule has 1 saturated carbocycles. The third kappa shape index (κ3) is 1.10. The van der Waals surface area contributed by atoms with Crippen LogP contribution >= 0.6 is 15.9 Å². The van der Waals surface area contributed by atoms with Gasteiger partial charge in [0.25, 0.3) is 0 Å². The van der Waals surface area contributed by atoms with E-state index >= 15 is 0 Å². The highest BCUT2D eigenvalue weighted by atomic mass is 79.9.